The Balaban J connectivity index is 1.51. The van der Waals surface area contributed by atoms with Crippen LogP contribution in [0.25, 0.3) is 0 Å². The summed E-state index contributed by atoms with van der Waals surface area (Å²) in [5.74, 6) is -0.203. The van der Waals surface area contributed by atoms with Gasteiger partial charge in [-0.05, 0) is 55.8 Å². The number of carbonyl (C=O) groups excluding carboxylic acids is 1. The lowest BCUT2D eigenvalue weighted by atomic mass is 9.95. The van der Waals surface area contributed by atoms with E-state index in [1.165, 1.54) is 12.1 Å². The Hall–Kier alpha value is -1.91. The highest BCUT2D eigenvalue weighted by molar-refractivity contribution is 6.31. The molecule has 5 heteroatoms. The first-order chi connectivity index (χ1) is 11.6. The van der Waals surface area contributed by atoms with Crippen molar-refractivity contribution in [2.75, 3.05) is 18.4 Å². The molecule has 1 amide bonds. The van der Waals surface area contributed by atoms with Crippen molar-refractivity contribution < 1.29 is 9.18 Å². The van der Waals surface area contributed by atoms with E-state index >= 15 is 0 Å². The number of nitrogens with zero attached hydrogens (tertiary/aromatic N) is 1. The van der Waals surface area contributed by atoms with Gasteiger partial charge in [0.05, 0.1) is 0 Å². The number of nitrogens with one attached hydrogen (secondary N) is 1. The molecule has 0 saturated carbocycles. The van der Waals surface area contributed by atoms with Crippen molar-refractivity contribution >= 4 is 23.2 Å². The van der Waals surface area contributed by atoms with E-state index < -0.39 is 0 Å². The third kappa shape index (κ3) is 4.34. The quantitative estimate of drug-likeness (QED) is 0.893. The van der Waals surface area contributed by atoms with E-state index in [1.54, 1.807) is 6.07 Å². The van der Waals surface area contributed by atoms with Gasteiger partial charge in [0.1, 0.15) is 5.82 Å². The summed E-state index contributed by atoms with van der Waals surface area (Å²) in [6.07, 6.45) is 1.63. The molecule has 126 valence electrons. The number of rotatable bonds is 4. The first-order valence-electron chi connectivity index (χ1n) is 8.14. The summed E-state index contributed by atoms with van der Waals surface area (Å²) < 4.78 is 13.1. The van der Waals surface area contributed by atoms with Gasteiger partial charge in [-0.1, -0.05) is 35.9 Å². The van der Waals surface area contributed by atoms with Gasteiger partial charge in [0, 0.05) is 23.2 Å². The van der Waals surface area contributed by atoms with E-state index in [2.05, 4.69) is 10.2 Å². The van der Waals surface area contributed by atoms with Crippen LogP contribution >= 0.6 is 11.6 Å². The van der Waals surface area contributed by atoms with Gasteiger partial charge in [-0.3, -0.25) is 9.69 Å². The predicted molar refractivity (Wildman–Crippen MR) is 94.5 cm³/mol. The second kappa shape index (κ2) is 7.77. The fourth-order valence-electron chi connectivity index (χ4n) is 3.01. The van der Waals surface area contributed by atoms with Crippen LogP contribution in [0.5, 0.6) is 0 Å². The van der Waals surface area contributed by atoms with Crippen molar-refractivity contribution in [2.45, 2.75) is 19.4 Å². The number of hydrogen-bond donors (Lipinski definition) is 1. The maximum absolute atomic E-state index is 13.1. The number of amides is 1. The Morgan fingerprint density at radius 1 is 1.17 bits per heavy atom. The van der Waals surface area contributed by atoms with Gasteiger partial charge in [0.15, 0.2) is 0 Å². The lowest BCUT2D eigenvalue weighted by molar-refractivity contribution is -0.121. The highest BCUT2D eigenvalue weighted by Gasteiger charge is 2.25. The number of anilines is 1. The number of hydrogen-bond acceptors (Lipinski definition) is 2. The summed E-state index contributed by atoms with van der Waals surface area (Å²) in [6, 6.07) is 14.0. The zero-order valence-corrected chi connectivity index (χ0v) is 14.1. The molecule has 2 aromatic carbocycles. The average molecular weight is 347 g/mol. The van der Waals surface area contributed by atoms with Crippen molar-refractivity contribution in [3.63, 3.8) is 0 Å². The average Bonchev–Trinajstić information content (AvgIpc) is 2.59. The maximum atomic E-state index is 13.1. The van der Waals surface area contributed by atoms with Gasteiger partial charge < -0.3 is 5.32 Å². The van der Waals surface area contributed by atoms with Crippen LogP contribution in [0.2, 0.25) is 5.02 Å². The van der Waals surface area contributed by atoms with Gasteiger partial charge in [-0.15, -0.1) is 0 Å². The van der Waals surface area contributed by atoms with Crippen molar-refractivity contribution in [1.82, 2.24) is 4.90 Å². The smallest absolute Gasteiger partial charge is 0.227 e. The van der Waals surface area contributed by atoms with Crippen LogP contribution in [-0.4, -0.2) is 23.9 Å². The second-order valence-electron chi connectivity index (χ2n) is 6.14. The summed E-state index contributed by atoms with van der Waals surface area (Å²) in [5.41, 5.74) is 1.76. The van der Waals surface area contributed by atoms with Crippen LogP contribution in [0.15, 0.2) is 48.5 Å². The molecule has 3 nitrogen and oxygen atoms in total. The fourth-order valence-corrected chi connectivity index (χ4v) is 3.24. The summed E-state index contributed by atoms with van der Waals surface area (Å²) >= 11 is 6.09. The van der Waals surface area contributed by atoms with Gasteiger partial charge in [0.25, 0.3) is 0 Å². The van der Waals surface area contributed by atoms with Gasteiger partial charge in [-0.2, -0.15) is 0 Å². The van der Waals surface area contributed by atoms with Crippen LogP contribution in [-0.2, 0) is 11.3 Å². The zero-order chi connectivity index (χ0) is 16.9. The third-order valence-electron chi connectivity index (χ3n) is 4.41. The predicted octanol–water partition coefficient (Wildman–Crippen LogP) is 4.33. The van der Waals surface area contributed by atoms with Gasteiger partial charge in [-0.25, -0.2) is 4.39 Å². The van der Waals surface area contributed by atoms with Crippen molar-refractivity contribution in [2.24, 2.45) is 5.92 Å². The minimum absolute atomic E-state index is 0.0325. The van der Waals surface area contributed by atoms with Crippen LogP contribution in [0, 0.1) is 11.7 Å². The van der Waals surface area contributed by atoms with Gasteiger partial charge in [0.2, 0.25) is 5.91 Å². The van der Waals surface area contributed by atoms with E-state index in [0.717, 1.165) is 37.2 Å². The molecule has 3 rings (SSSR count). The first kappa shape index (κ1) is 16.9. The monoisotopic (exact) mass is 346 g/mol. The number of halogens is 2. The number of piperidine rings is 1. The van der Waals surface area contributed by atoms with E-state index in [9.17, 15) is 9.18 Å². The van der Waals surface area contributed by atoms with E-state index in [1.807, 2.05) is 30.3 Å². The molecule has 0 bridgehead atoms. The molecule has 1 aliphatic heterocycles. The standard InChI is InChI=1S/C19H20ClFN2O/c20-18-12-16(21)7-6-15(18)13-23-10-8-14(9-11-23)19(24)22-17-4-2-1-3-5-17/h1-7,12,14H,8-11,13H2,(H,22,24). The van der Waals surface area contributed by atoms with Crippen LogP contribution in [0.1, 0.15) is 18.4 Å². The van der Waals surface area contributed by atoms with Crippen LogP contribution in [0.3, 0.4) is 0 Å². The molecule has 0 spiro atoms. The summed E-state index contributed by atoms with van der Waals surface area (Å²) in [7, 11) is 0. The van der Waals surface area contributed by atoms with E-state index in [0.29, 0.717) is 11.6 Å². The molecule has 0 aromatic heterocycles. The molecule has 1 N–H and O–H groups in total. The molecule has 0 atom stereocenters. The Morgan fingerprint density at radius 3 is 2.54 bits per heavy atom. The number of benzene rings is 2. The topological polar surface area (TPSA) is 32.3 Å². The summed E-state index contributed by atoms with van der Waals surface area (Å²) in [5, 5.41) is 3.43. The van der Waals surface area contributed by atoms with E-state index in [-0.39, 0.29) is 17.6 Å². The van der Waals surface area contributed by atoms with Gasteiger partial charge >= 0.3 is 0 Å². The zero-order valence-electron chi connectivity index (χ0n) is 13.3. The molecule has 0 aliphatic carbocycles. The third-order valence-corrected chi connectivity index (χ3v) is 4.76. The highest BCUT2D eigenvalue weighted by Crippen LogP contribution is 2.24. The fraction of sp³-hybridized carbons (Fsp3) is 0.316. The number of likely N-dealkylation sites (tertiary alicyclic amines) is 1. The Labute approximate surface area is 146 Å². The van der Waals surface area contributed by atoms with Crippen molar-refractivity contribution in [3.8, 4) is 0 Å². The molecule has 0 radical (unpaired) electrons. The SMILES string of the molecule is O=C(Nc1ccccc1)C1CCN(Cc2ccc(F)cc2Cl)CC1. The molecular weight excluding hydrogens is 327 g/mol. The number of carbonyl (C=O) groups is 1. The molecule has 1 fully saturated rings. The Kier molecular flexibility index (Phi) is 5.48. The summed E-state index contributed by atoms with van der Waals surface area (Å²) in [6.45, 7) is 2.35. The molecule has 1 heterocycles. The minimum Gasteiger partial charge on any atom is -0.326 e. The lowest BCUT2D eigenvalue weighted by Gasteiger charge is -2.31. The first-order valence-corrected chi connectivity index (χ1v) is 8.52. The molecule has 24 heavy (non-hydrogen) atoms. The summed E-state index contributed by atoms with van der Waals surface area (Å²) in [4.78, 5) is 14.6. The van der Waals surface area contributed by atoms with Crippen LogP contribution in [0.4, 0.5) is 10.1 Å². The van der Waals surface area contributed by atoms with Crippen molar-refractivity contribution in [1.29, 1.82) is 0 Å². The number of para-hydroxylation sites is 1. The Bertz CT molecular complexity index is 700. The lowest BCUT2D eigenvalue weighted by Crippen LogP contribution is -2.37. The van der Waals surface area contributed by atoms with Crippen molar-refractivity contribution in [3.05, 3.63) is 64.9 Å². The largest absolute Gasteiger partial charge is 0.326 e. The molecule has 1 saturated heterocycles. The molecule has 2 aromatic rings. The minimum atomic E-state index is -0.319. The maximum Gasteiger partial charge on any atom is 0.227 e. The van der Waals surface area contributed by atoms with Crippen LogP contribution < -0.4 is 5.32 Å². The Morgan fingerprint density at radius 2 is 1.88 bits per heavy atom. The molecule has 0 unspecified atom stereocenters. The molecular formula is C19H20ClFN2O. The normalized spacial score (nSPS) is 16.1. The molecule has 1 aliphatic rings. The van der Waals surface area contributed by atoms with E-state index in [4.69, 9.17) is 11.6 Å². The highest BCUT2D eigenvalue weighted by atomic mass is 35.5. The second-order valence-corrected chi connectivity index (χ2v) is 6.55.